The van der Waals surface area contributed by atoms with Crippen LogP contribution in [0.2, 0.25) is 0 Å². The maximum Gasteiger partial charge on any atom is 0.573 e. The molecular weight excluding hydrogens is 265 g/mol. The maximum atomic E-state index is 11.9. The van der Waals surface area contributed by atoms with Gasteiger partial charge >= 0.3 is 6.36 Å². The SMILES string of the molecule is FC(F)(F)Oc1ccc(OCCCCCS)cc1. The van der Waals surface area contributed by atoms with Gasteiger partial charge < -0.3 is 9.47 Å². The van der Waals surface area contributed by atoms with Gasteiger partial charge in [0.25, 0.3) is 0 Å². The van der Waals surface area contributed by atoms with Gasteiger partial charge in [0.2, 0.25) is 0 Å². The van der Waals surface area contributed by atoms with Gasteiger partial charge in [0, 0.05) is 0 Å². The smallest absolute Gasteiger partial charge is 0.494 e. The minimum atomic E-state index is -4.66. The summed E-state index contributed by atoms with van der Waals surface area (Å²) in [4.78, 5) is 0. The fourth-order valence-electron chi connectivity index (χ4n) is 1.32. The Bertz CT molecular complexity index is 338. The largest absolute Gasteiger partial charge is 0.573 e. The van der Waals surface area contributed by atoms with Gasteiger partial charge in [0.05, 0.1) is 6.61 Å². The zero-order chi connectivity index (χ0) is 13.4. The molecule has 1 rings (SSSR count). The molecule has 0 aliphatic carbocycles. The number of hydrogen-bond donors (Lipinski definition) is 1. The van der Waals surface area contributed by atoms with Crippen molar-refractivity contribution in [3.63, 3.8) is 0 Å². The molecule has 0 atom stereocenters. The van der Waals surface area contributed by atoms with E-state index in [2.05, 4.69) is 17.4 Å². The van der Waals surface area contributed by atoms with Gasteiger partial charge in [-0.2, -0.15) is 12.6 Å². The Morgan fingerprint density at radius 1 is 0.944 bits per heavy atom. The van der Waals surface area contributed by atoms with Crippen LogP contribution in [0.25, 0.3) is 0 Å². The molecule has 0 heterocycles. The molecule has 0 amide bonds. The maximum absolute atomic E-state index is 11.9. The van der Waals surface area contributed by atoms with Gasteiger partial charge in [0.1, 0.15) is 11.5 Å². The van der Waals surface area contributed by atoms with E-state index in [1.54, 1.807) is 0 Å². The zero-order valence-electron chi connectivity index (χ0n) is 9.74. The van der Waals surface area contributed by atoms with Crippen molar-refractivity contribution < 1.29 is 22.6 Å². The number of alkyl halides is 3. The van der Waals surface area contributed by atoms with Crippen molar-refractivity contribution in [2.24, 2.45) is 0 Å². The first-order valence-electron chi connectivity index (χ1n) is 5.61. The molecule has 18 heavy (non-hydrogen) atoms. The lowest BCUT2D eigenvalue weighted by molar-refractivity contribution is -0.274. The third-order valence-corrected chi connectivity index (χ3v) is 2.44. The molecule has 0 radical (unpaired) electrons. The summed E-state index contributed by atoms with van der Waals surface area (Å²) < 4.78 is 44.8. The number of hydrogen-bond acceptors (Lipinski definition) is 3. The lowest BCUT2D eigenvalue weighted by Gasteiger charge is -2.10. The summed E-state index contributed by atoms with van der Waals surface area (Å²) in [6.07, 6.45) is -1.69. The molecule has 2 nitrogen and oxygen atoms in total. The molecule has 1 aromatic rings. The van der Waals surface area contributed by atoms with Gasteiger partial charge in [0.15, 0.2) is 0 Å². The number of unbranched alkanes of at least 4 members (excludes halogenated alkanes) is 2. The highest BCUT2D eigenvalue weighted by Gasteiger charge is 2.30. The summed E-state index contributed by atoms with van der Waals surface area (Å²) in [5, 5.41) is 0. The Labute approximate surface area is 109 Å². The number of benzene rings is 1. The summed E-state index contributed by atoms with van der Waals surface area (Å²) in [5.41, 5.74) is 0. The number of rotatable bonds is 7. The normalized spacial score (nSPS) is 11.3. The minimum absolute atomic E-state index is 0.245. The molecule has 6 heteroatoms. The first-order valence-corrected chi connectivity index (χ1v) is 6.24. The number of ether oxygens (including phenoxy) is 2. The Balaban J connectivity index is 2.32. The fraction of sp³-hybridized carbons (Fsp3) is 0.500. The fourth-order valence-corrected chi connectivity index (χ4v) is 1.54. The molecule has 1 aromatic carbocycles. The van der Waals surface area contributed by atoms with Crippen molar-refractivity contribution in [1.29, 1.82) is 0 Å². The Morgan fingerprint density at radius 3 is 2.11 bits per heavy atom. The molecule has 102 valence electrons. The van der Waals surface area contributed by atoms with Gasteiger partial charge in [-0.15, -0.1) is 13.2 Å². The van der Waals surface area contributed by atoms with Gasteiger partial charge in [-0.1, -0.05) is 0 Å². The molecule has 0 unspecified atom stereocenters. The van der Waals surface area contributed by atoms with Crippen LogP contribution in [0.3, 0.4) is 0 Å². The highest BCUT2D eigenvalue weighted by Crippen LogP contribution is 2.24. The van der Waals surface area contributed by atoms with Crippen molar-refractivity contribution in [3.8, 4) is 11.5 Å². The highest BCUT2D eigenvalue weighted by atomic mass is 32.1. The van der Waals surface area contributed by atoms with E-state index >= 15 is 0 Å². The lowest BCUT2D eigenvalue weighted by Crippen LogP contribution is -2.16. The van der Waals surface area contributed by atoms with Crippen LogP contribution >= 0.6 is 12.6 Å². The second-order valence-electron chi connectivity index (χ2n) is 3.65. The molecule has 0 spiro atoms. The highest BCUT2D eigenvalue weighted by molar-refractivity contribution is 7.80. The first kappa shape index (κ1) is 15.0. The van der Waals surface area contributed by atoms with Gasteiger partial charge in [-0.25, -0.2) is 0 Å². The molecule has 0 aliphatic heterocycles. The van der Waals surface area contributed by atoms with E-state index in [1.165, 1.54) is 24.3 Å². The molecule has 0 saturated heterocycles. The van der Waals surface area contributed by atoms with E-state index in [1.807, 2.05) is 0 Å². The average Bonchev–Trinajstić information content (AvgIpc) is 2.29. The van der Waals surface area contributed by atoms with Crippen LogP contribution in [0.1, 0.15) is 19.3 Å². The predicted molar refractivity (Wildman–Crippen MR) is 66.3 cm³/mol. The summed E-state index contributed by atoms with van der Waals surface area (Å²) in [6, 6.07) is 5.38. The number of thiol groups is 1. The van der Waals surface area contributed by atoms with Crippen molar-refractivity contribution in [1.82, 2.24) is 0 Å². The monoisotopic (exact) mass is 280 g/mol. The lowest BCUT2D eigenvalue weighted by atomic mass is 10.2. The van der Waals surface area contributed by atoms with Gasteiger partial charge in [-0.05, 0) is 49.3 Å². The molecule has 0 aliphatic rings. The Kier molecular flexibility index (Phi) is 6.18. The average molecular weight is 280 g/mol. The molecule has 0 N–H and O–H groups in total. The molecule has 0 saturated carbocycles. The van der Waals surface area contributed by atoms with Crippen LogP contribution in [0.15, 0.2) is 24.3 Å². The molecule has 0 bridgehead atoms. The summed E-state index contributed by atoms with van der Waals surface area (Å²) >= 11 is 4.09. The van der Waals surface area contributed by atoms with Crippen molar-refractivity contribution in [2.45, 2.75) is 25.6 Å². The van der Waals surface area contributed by atoms with E-state index < -0.39 is 6.36 Å². The van der Waals surface area contributed by atoms with Crippen LogP contribution in [-0.4, -0.2) is 18.7 Å². The van der Waals surface area contributed by atoms with Crippen LogP contribution in [0.5, 0.6) is 11.5 Å². The van der Waals surface area contributed by atoms with Crippen molar-refractivity contribution >= 4 is 12.6 Å². The zero-order valence-corrected chi connectivity index (χ0v) is 10.6. The standard InChI is InChI=1S/C12H15F3O2S/c13-12(14,15)17-11-6-4-10(5-7-11)16-8-2-1-3-9-18/h4-7,18H,1-3,8-9H2. The van der Waals surface area contributed by atoms with Crippen LogP contribution < -0.4 is 9.47 Å². The van der Waals surface area contributed by atoms with E-state index in [4.69, 9.17) is 4.74 Å². The van der Waals surface area contributed by atoms with Crippen molar-refractivity contribution in [2.75, 3.05) is 12.4 Å². The third-order valence-electron chi connectivity index (χ3n) is 2.13. The summed E-state index contributed by atoms with van der Waals surface area (Å²) in [7, 11) is 0. The van der Waals surface area contributed by atoms with E-state index in [-0.39, 0.29) is 5.75 Å². The van der Waals surface area contributed by atoms with Crippen molar-refractivity contribution in [3.05, 3.63) is 24.3 Å². The molecule has 0 aromatic heterocycles. The quantitative estimate of drug-likeness (QED) is 0.599. The third kappa shape index (κ3) is 6.64. The van der Waals surface area contributed by atoms with Crippen LogP contribution in [-0.2, 0) is 0 Å². The summed E-state index contributed by atoms with van der Waals surface area (Å²) in [5.74, 6) is 1.14. The summed E-state index contributed by atoms with van der Waals surface area (Å²) in [6.45, 7) is 0.549. The van der Waals surface area contributed by atoms with E-state index in [0.717, 1.165) is 25.0 Å². The first-order chi connectivity index (χ1) is 8.51. The molecular formula is C12H15F3O2S. The second-order valence-corrected chi connectivity index (χ2v) is 4.10. The van der Waals surface area contributed by atoms with Crippen LogP contribution in [0, 0.1) is 0 Å². The minimum Gasteiger partial charge on any atom is -0.494 e. The van der Waals surface area contributed by atoms with Crippen LogP contribution in [0.4, 0.5) is 13.2 Å². The Morgan fingerprint density at radius 2 is 1.56 bits per heavy atom. The van der Waals surface area contributed by atoms with E-state index in [9.17, 15) is 13.2 Å². The Hall–Kier alpha value is -1.04. The van der Waals surface area contributed by atoms with E-state index in [0.29, 0.717) is 12.4 Å². The number of halogens is 3. The van der Waals surface area contributed by atoms with Gasteiger partial charge in [-0.3, -0.25) is 0 Å². The second kappa shape index (κ2) is 7.41. The topological polar surface area (TPSA) is 18.5 Å². The molecule has 0 fully saturated rings. The predicted octanol–water partition coefficient (Wildman–Crippen LogP) is 4.06.